The highest BCUT2D eigenvalue weighted by molar-refractivity contribution is 5.69. The Balaban J connectivity index is 2.44. The number of alkyl halides is 6. The van der Waals surface area contributed by atoms with Crippen molar-refractivity contribution in [3.63, 3.8) is 0 Å². The molecule has 1 aliphatic heterocycles. The molecule has 1 aliphatic rings. The fraction of sp³-hybridized carbons (Fsp3) is 0.588. The molecule has 2 rings (SSSR count). The van der Waals surface area contributed by atoms with E-state index < -0.39 is 41.2 Å². The van der Waals surface area contributed by atoms with Crippen LogP contribution in [0.15, 0.2) is 18.2 Å². The summed E-state index contributed by atoms with van der Waals surface area (Å²) in [7, 11) is 0. The molecule has 1 atom stereocenters. The largest absolute Gasteiger partial charge is 0.444 e. The molecule has 0 aliphatic carbocycles. The molecule has 0 spiro atoms. The summed E-state index contributed by atoms with van der Waals surface area (Å²) in [6.45, 7) is 5.09. The number of nitrogens with zero attached hydrogens (tertiary/aromatic N) is 1. The lowest BCUT2D eigenvalue weighted by molar-refractivity contribution is -0.143. The van der Waals surface area contributed by atoms with Crippen molar-refractivity contribution in [2.24, 2.45) is 0 Å². The molecule has 0 radical (unpaired) electrons. The molecule has 0 unspecified atom stereocenters. The summed E-state index contributed by atoms with van der Waals surface area (Å²) in [5.74, 6) is 0. The van der Waals surface area contributed by atoms with E-state index in [0.29, 0.717) is 18.6 Å². The standard InChI is InChI=1S/C17H19F6NO2/c1-15(2,3)26-14(25)24-6-4-5-13(24)10-7-11(16(18,19)20)9-12(8-10)17(21,22)23/h7-9,13H,4-6H2,1-3H3/t13-/m1/s1. The van der Waals surface area contributed by atoms with E-state index >= 15 is 0 Å². The zero-order chi connectivity index (χ0) is 19.9. The molecular formula is C17H19F6NO2. The maximum absolute atomic E-state index is 13.0. The highest BCUT2D eigenvalue weighted by Crippen LogP contribution is 2.40. The van der Waals surface area contributed by atoms with Gasteiger partial charge in [-0.25, -0.2) is 4.79 Å². The third-order valence-electron chi connectivity index (χ3n) is 3.88. The second kappa shape index (κ2) is 6.66. The molecule has 1 fully saturated rings. The maximum atomic E-state index is 13.0. The first-order chi connectivity index (χ1) is 11.7. The number of hydrogen-bond donors (Lipinski definition) is 0. The van der Waals surface area contributed by atoms with E-state index in [1.54, 1.807) is 20.8 Å². The fourth-order valence-corrected chi connectivity index (χ4v) is 2.82. The van der Waals surface area contributed by atoms with Crippen LogP contribution in [0.25, 0.3) is 0 Å². The average molecular weight is 383 g/mol. The molecule has 26 heavy (non-hydrogen) atoms. The molecule has 0 N–H and O–H groups in total. The molecule has 1 aromatic rings. The van der Waals surface area contributed by atoms with Crippen LogP contribution in [-0.2, 0) is 17.1 Å². The molecule has 3 nitrogen and oxygen atoms in total. The van der Waals surface area contributed by atoms with Gasteiger partial charge >= 0.3 is 18.4 Å². The van der Waals surface area contributed by atoms with E-state index in [1.807, 2.05) is 0 Å². The van der Waals surface area contributed by atoms with Gasteiger partial charge in [-0.15, -0.1) is 0 Å². The van der Waals surface area contributed by atoms with E-state index in [2.05, 4.69) is 0 Å². The predicted molar refractivity (Wildman–Crippen MR) is 81.4 cm³/mol. The number of ether oxygens (including phenoxy) is 1. The van der Waals surface area contributed by atoms with Crippen molar-refractivity contribution in [2.45, 2.75) is 57.6 Å². The molecule has 1 amide bonds. The summed E-state index contributed by atoms with van der Waals surface area (Å²) in [6, 6.07) is 0.523. The number of benzene rings is 1. The maximum Gasteiger partial charge on any atom is 0.416 e. The molecule has 0 bridgehead atoms. The molecular weight excluding hydrogens is 364 g/mol. The molecule has 1 saturated heterocycles. The number of likely N-dealkylation sites (tertiary alicyclic amines) is 1. The first kappa shape index (κ1) is 20.4. The van der Waals surface area contributed by atoms with Crippen LogP contribution in [0.5, 0.6) is 0 Å². The quantitative estimate of drug-likeness (QED) is 0.574. The molecule has 0 saturated carbocycles. The number of amides is 1. The van der Waals surface area contributed by atoms with E-state index in [-0.39, 0.29) is 24.6 Å². The average Bonchev–Trinajstić information content (AvgIpc) is 2.92. The number of carbonyl (C=O) groups excluding carboxylic acids is 1. The normalized spacial score (nSPS) is 19.0. The third kappa shape index (κ3) is 4.82. The van der Waals surface area contributed by atoms with Gasteiger partial charge in [0.1, 0.15) is 5.60 Å². The summed E-state index contributed by atoms with van der Waals surface area (Å²) in [6.07, 6.45) is -9.89. The monoisotopic (exact) mass is 383 g/mol. The van der Waals surface area contributed by atoms with Gasteiger partial charge in [0.2, 0.25) is 0 Å². The van der Waals surface area contributed by atoms with Crippen molar-refractivity contribution in [3.05, 3.63) is 34.9 Å². The summed E-state index contributed by atoms with van der Waals surface area (Å²) in [5.41, 5.74) is -3.80. The lowest BCUT2D eigenvalue weighted by atomic mass is 9.98. The van der Waals surface area contributed by atoms with E-state index in [4.69, 9.17) is 4.74 Å². The second-order valence-corrected chi connectivity index (χ2v) is 7.17. The number of hydrogen-bond acceptors (Lipinski definition) is 2. The van der Waals surface area contributed by atoms with Crippen molar-refractivity contribution in [3.8, 4) is 0 Å². The zero-order valence-electron chi connectivity index (χ0n) is 14.5. The Bertz CT molecular complexity index is 643. The molecule has 9 heteroatoms. The van der Waals surface area contributed by atoms with Crippen molar-refractivity contribution in [1.29, 1.82) is 0 Å². The zero-order valence-corrected chi connectivity index (χ0v) is 14.5. The Hall–Kier alpha value is -1.93. The van der Waals surface area contributed by atoms with Crippen molar-refractivity contribution in [2.75, 3.05) is 6.54 Å². The first-order valence-electron chi connectivity index (χ1n) is 7.97. The van der Waals surface area contributed by atoms with E-state index in [0.717, 1.165) is 0 Å². The van der Waals surface area contributed by atoms with Crippen LogP contribution >= 0.6 is 0 Å². The van der Waals surface area contributed by atoms with Crippen LogP contribution < -0.4 is 0 Å². The lowest BCUT2D eigenvalue weighted by Gasteiger charge is -2.29. The van der Waals surface area contributed by atoms with Crippen LogP contribution in [-0.4, -0.2) is 23.1 Å². The topological polar surface area (TPSA) is 29.5 Å². The number of halogens is 6. The Morgan fingerprint density at radius 2 is 1.50 bits per heavy atom. The van der Waals surface area contributed by atoms with Crippen molar-refractivity contribution < 1.29 is 35.9 Å². The number of rotatable bonds is 1. The highest BCUT2D eigenvalue weighted by atomic mass is 19.4. The second-order valence-electron chi connectivity index (χ2n) is 7.17. The minimum atomic E-state index is -4.93. The van der Waals surface area contributed by atoms with Gasteiger partial charge in [0, 0.05) is 6.54 Å². The summed E-state index contributed by atoms with van der Waals surface area (Å²) in [4.78, 5) is 13.4. The van der Waals surface area contributed by atoms with Gasteiger partial charge in [0.15, 0.2) is 0 Å². The van der Waals surface area contributed by atoms with Crippen LogP contribution in [0.4, 0.5) is 31.1 Å². The van der Waals surface area contributed by atoms with Crippen molar-refractivity contribution in [1.82, 2.24) is 4.90 Å². The molecule has 0 aromatic heterocycles. The van der Waals surface area contributed by atoms with Crippen LogP contribution in [0.3, 0.4) is 0 Å². The van der Waals surface area contributed by atoms with Crippen LogP contribution in [0.1, 0.15) is 56.3 Å². The minimum absolute atomic E-state index is 0.0796. The van der Waals surface area contributed by atoms with Gasteiger partial charge in [0.25, 0.3) is 0 Å². The first-order valence-corrected chi connectivity index (χ1v) is 7.97. The minimum Gasteiger partial charge on any atom is -0.444 e. The predicted octanol–water partition coefficient (Wildman–Crippen LogP) is 5.80. The Labute approximate surface area is 146 Å². The Kier molecular flexibility index (Phi) is 5.22. The molecule has 146 valence electrons. The van der Waals surface area contributed by atoms with Crippen molar-refractivity contribution >= 4 is 6.09 Å². The van der Waals surface area contributed by atoms with E-state index in [1.165, 1.54) is 4.90 Å². The van der Waals surface area contributed by atoms with Gasteiger partial charge in [-0.05, 0) is 57.4 Å². The van der Waals surface area contributed by atoms with Crippen LogP contribution in [0.2, 0.25) is 0 Å². The van der Waals surface area contributed by atoms with Gasteiger partial charge in [-0.2, -0.15) is 26.3 Å². The van der Waals surface area contributed by atoms with Gasteiger partial charge in [-0.1, -0.05) is 0 Å². The SMILES string of the molecule is CC(C)(C)OC(=O)N1CCC[C@@H]1c1cc(C(F)(F)F)cc(C(F)(F)F)c1. The summed E-state index contributed by atoms with van der Waals surface area (Å²) >= 11 is 0. The molecule has 1 heterocycles. The van der Waals surface area contributed by atoms with Crippen LogP contribution in [0, 0.1) is 0 Å². The van der Waals surface area contributed by atoms with Gasteiger partial charge in [0.05, 0.1) is 17.2 Å². The Morgan fingerprint density at radius 1 is 1.00 bits per heavy atom. The summed E-state index contributed by atoms with van der Waals surface area (Å²) in [5, 5.41) is 0. The third-order valence-corrected chi connectivity index (χ3v) is 3.88. The number of carbonyl (C=O) groups is 1. The molecule has 1 aromatic carbocycles. The smallest absolute Gasteiger partial charge is 0.416 e. The summed E-state index contributed by atoms with van der Waals surface area (Å²) < 4.78 is 83.4. The van der Waals surface area contributed by atoms with Gasteiger partial charge in [-0.3, -0.25) is 0 Å². The van der Waals surface area contributed by atoms with Gasteiger partial charge < -0.3 is 9.64 Å². The van der Waals surface area contributed by atoms with E-state index in [9.17, 15) is 31.1 Å². The Morgan fingerprint density at radius 3 is 1.92 bits per heavy atom. The lowest BCUT2D eigenvalue weighted by Crippen LogP contribution is -2.36. The highest BCUT2D eigenvalue weighted by Gasteiger charge is 2.40. The fourth-order valence-electron chi connectivity index (χ4n) is 2.82.